The maximum Gasteiger partial charge on any atom is 0.230 e. The van der Waals surface area contributed by atoms with Gasteiger partial charge in [0.1, 0.15) is 5.75 Å². The van der Waals surface area contributed by atoms with Crippen LogP contribution in [0.2, 0.25) is 0 Å². The Labute approximate surface area is 168 Å². The van der Waals surface area contributed by atoms with E-state index in [-0.39, 0.29) is 11.7 Å². The molecular formula is C20H23N5O2S. The van der Waals surface area contributed by atoms with E-state index < -0.39 is 0 Å². The molecule has 0 spiro atoms. The predicted molar refractivity (Wildman–Crippen MR) is 111 cm³/mol. The molecule has 0 atom stereocenters. The number of nitrogens with zero attached hydrogens (tertiary/aromatic N) is 3. The summed E-state index contributed by atoms with van der Waals surface area (Å²) in [4.78, 5) is 12.0. The summed E-state index contributed by atoms with van der Waals surface area (Å²) in [6.07, 6.45) is 0.798. The average molecular weight is 398 g/mol. The second kappa shape index (κ2) is 9.80. The molecule has 0 aliphatic heterocycles. The second-order valence-corrected chi connectivity index (χ2v) is 6.95. The number of hydrogen-bond donors (Lipinski definition) is 2. The number of nitrogens with one attached hydrogen (secondary N) is 1. The summed E-state index contributed by atoms with van der Waals surface area (Å²) >= 11 is 1.26. The lowest BCUT2D eigenvalue weighted by Gasteiger charge is -2.06. The topological polar surface area (TPSA) is 95.1 Å². The van der Waals surface area contributed by atoms with Gasteiger partial charge in [0.25, 0.3) is 0 Å². The van der Waals surface area contributed by atoms with Gasteiger partial charge in [-0.3, -0.25) is 4.79 Å². The summed E-state index contributed by atoms with van der Waals surface area (Å²) < 4.78 is 6.84. The summed E-state index contributed by atoms with van der Waals surface area (Å²) in [6, 6.07) is 17.5. The van der Waals surface area contributed by atoms with E-state index in [1.54, 1.807) is 0 Å². The van der Waals surface area contributed by atoms with E-state index in [1.165, 1.54) is 22.0 Å². The molecule has 3 rings (SSSR count). The van der Waals surface area contributed by atoms with Crippen LogP contribution in [0, 0.1) is 0 Å². The van der Waals surface area contributed by atoms with Crippen LogP contribution in [0.5, 0.6) is 5.75 Å². The van der Waals surface area contributed by atoms with Crippen LogP contribution in [0.3, 0.4) is 0 Å². The zero-order valence-corrected chi connectivity index (χ0v) is 16.5. The summed E-state index contributed by atoms with van der Waals surface area (Å²) in [6.45, 7) is 3.14. The standard InChI is InChI=1S/C20H23N5O2S/c1-2-27-17-10-8-16(9-11-17)19-23-24-20(25(19)21)28-14-18(26)22-13-12-15-6-4-3-5-7-15/h3-11H,2,12-14,21H2,1H3,(H,22,26). The van der Waals surface area contributed by atoms with Crippen molar-refractivity contribution in [3.05, 3.63) is 60.2 Å². The number of rotatable bonds is 9. The first-order valence-electron chi connectivity index (χ1n) is 9.04. The lowest BCUT2D eigenvalue weighted by Crippen LogP contribution is -2.27. The molecule has 1 heterocycles. The summed E-state index contributed by atoms with van der Waals surface area (Å²) in [5.74, 6) is 7.59. The van der Waals surface area contributed by atoms with Crippen molar-refractivity contribution in [2.75, 3.05) is 24.7 Å². The Morgan fingerprint density at radius 3 is 2.61 bits per heavy atom. The predicted octanol–water partition coefficient (Wildman–Crippen LogP) is 2.51. The van der Waals surface area contributed by atoms with E-state index in [2.05, 4.69) is 15.5 Å². The van der Waals surface area contributed by atoms with Crippen molar-refractivity contribution < 1.29 is 9.53 Å². The van der Waals surface area contributed by atoms with Crippen molar-refractivity contribution in [1.29, 1.82) is 0 Å². The van der Waals surface area contributed by atoms with E-state index in [1.807, 2.05) is 61.5 Å². The third-order valence-electron chi connectivity index (χ3n) is 4.00. The zero-order valence-electron chi connectivity index (χ0n) is 15.7. The maximum atomic E-state index is 12.0. The van der Waals surface area contributed by atoms with Crippen molar-refractivity contribution in [3.8, 4) is 17.1 Å². The summed E-state index contributed by atoms with van der Waals surface area (Å²) in [7, 11) is 0. The smallest absolute Gasteiger partial charge is 0.230 e. The highest BCUT2D eigenvalue weighted by Gasteiger charge is 2.14. The number of aromatic nitrogens is 3. The molecule has 0 unspecified atom stereocenters. The van der Waals surface area contributed by atoms with Gasteiger partial charge in [0.05, 0.1) is 12.4 Å². The molecule has 0 aliphatic rings. The van der Waals surface area contributed by atoms with Gasteiger partial charge in [-0.25, -0.2) is 4.68 Å². The second-order valence-electron chi connectivity index (χ2n) is 6.01. The molecule has 7 nitrogen and oxygen atoms in total. The Morgan fingerprint density at radius 1 is 1.14 bits per heavy atom. The third-order valence-corrected chi connectivity index (χ3v) is 4.94. The number of thioether (sulfide) groups is 1. The number of benzene rings is 2. The van der Waals surface area contributed by atoms with E-state index in [4.69, 9.17) is 10.6 Å². The Kier molecular flexibility index (Phi) is 6.91. The van der Waals surface area contributed by atoms with Crippen molar-refractivity contribution in [2.45, 2.75) is 18.5 Å². The van der Waals surface area contributed by atoms with Crippen LogP contribution in [-0.4, -0.2) is 39.7 Å². The zero-order chi connectivity index (χ0) is 19.8. The normalized spacial score (nSPS) is 10.6. The van der Waals surface area contributed by atoms with Gasteiger partial charge in [0.2, 0.25) is 11.1 Å². The molecule has 0 bridgehead atoms. The molecule has 146 valence electrons. The van der Waals surface area contributed by atoms with Crippen molar-refractivity contribution in [2.24, 2.45) is 0 Å². The minimum Gasteiger partial charge on any atom is -0.494 e. The van der Waals surface area contributed by atoms with E-state index in [0.717, 1.165) is 17.7 Å². The molecule has 3 aromatic rings. The van der Waals surface area contributed by atoms with Crippen LogP contribution in [0.15, 0.2) is 59.8 Å². The number of ether oxygens (including phenoxy) is 1. The third kappa shape index (κ3) is 5.26. The van der Waals surface area contributed by atoms with Crippen molar-refractivity contribution in [1.82, 2.24) is 20.2 Å². The minimum absolute atomic E-state index is 0.0634. The number of nitrogen functional groups attached to an aromatic ring is 1. The number of hydrogen-bond acceptors (Lipinski definition) is 6. The monoisotopic (exact) mass is 397 g/mol. The number of nitrogens with two attached hydrogens (primary N) is 1. The van der Waals surface area contributed by atoms with Gasteiger partial charge in [-0.2, -0.15) is 0 Å². The highest BCUT2D eigenvalue weighted by molar-refractivity contribution is 7.99. The molecule has 0 radical (unpaired) electrons. The molecule has 0 saturated carbocycles. The molecule has 8 heteroatoms. The van der Waals surface area contributed by atoms with Crippen LogP contribution in [0.25, 0.3) is 11.4 Å². The minimum atomic E-state index is -0.0634. The van der Waals surface area contributed by atoms with Gasteiger partial charge in [0.15, 0.2) is 5.82 Å². The van der Waals surface area contributed by atoms with Crippen LogP contribution in [0.4, 0.5) is 0 Å². The molecule has 1 amide bonds. The molecule has 0 fully saturated rings. The molecule has 28 heavy (non-hydrogen) atoms. The quantitative estimate of drug-likeness (QED) is 0.426. The van der Waals surface area contributed by atoms with Crippen molar-refractivity contribution in [3.63, 3.8) is 0 Å². The SMILES string of the molecule is CCOc1ccc(-c2nnc(SCC(=O)NCCc3ccccc3)n2N)cc1. The van der Waals surface area contributed by atoms with Gasteiger partial charge in [-0.15, -0.1) is 10.2 Å². The van der Waals surface area contributed by atoms with E-state index >= 15 is 0 Å². The van der Waals surface area contributed by atoms with Gasteiger partial charge < -0.3 is 15.9 Å². The van der Waals surface area contributed by atoms with Gasteiger partial charge in [-0.05, 0) is 43.2 Å². The first-order chi connectivity index (χ1) is 13.7. The Hall–Kier alpha value is -3.00. The highest BCUT2D eigenvalue weighted by atomic mass is 32.2. The molecule has 0 aliphatic carbocycles. The highest BCUT2D eigenvalue weighted by Crippen LogP contribution is 2.23. The first-order valence-corrected chi connectivity index (χ1v) is 10.0. The molecule has 3 N–H and O–H groups in total. The molecule has 1 aromatic heterocycles. The van der Waals surface area contributed by atoms with Crippen molar-refractivity contribution >= 4 is 17.7 Å². The van der Waals surface area contributed by atoms with E-state index in [9.17, 15) is 4.79 Å². The number of carbonyl (C=O) groups is 1. The van der Waals surface area contributed by atoms with Gasteiger partial charge in [0, 0.05) is 12.1 Å². The number of amides is 1. The first kappa shape index (κ1) is 19.8. The van der Waals surface area contributed by atoms with Crippen LogP contribution >= 0.6 is 11.8 Å². The fourth-order valence-corrected chi connectivity index (χ4v) is 3.30. The maximum absolute atomic E-state index is 12.0. The molecule has 0 saturated heterocycles. The fourth-order valence-electron chi connectivity index (χ4n) is 2.61. The molecule has 2 aromatic carbocycles. The fraction of sp³-hybridized carbons (Fsp3) is 0.250. The summed E-state index contributed by atoms with van der Waals surface area (Å²) in [5.41, 5.74) is 2.02. The molecular weight excluding hydrogens is 374 g/mol. The number of carbonyl (C=O) groups excluding carboxylic acids is 1. The average Bonchev–Trinajstić information content (AvgIpc) is 3.08. The lowest BCUT2D eigenvalue weighted by molar-refractivity contribution is -0.118. The Balaban J connectivity index is 1.50. The lowest BCUT2D eigenvalue weighted by atomic mass is 10.1. The van der Waals surface area contributed by atoms with Crippen LogP contribution in [-0.2, 0) is 11.2 Å². The van der Waals surface area contributed by atoms with Gasteiger partial charge in [-0.1, -0.05) is 42.1 Å². The van der Waals surface area contributed by atoms with Gasteiger partial charge >= 0.3 is 0 Å². The Bertz CT molecular complexity index is 897. The summed E-state index contributed by atoms with van der Waals surface area (Å²) in [5, 5.41) is 11.6. The Morgan fingerprint density at radius 2 is 1.89 bits per heavy atom. The largest absolute Gasteiger partial charge is 0.494 e. The van der Waals surface area contributed by atoms with Crippen LogP contribution < -0.4 is 15.9 Å². The van der Waals surface area contributed by atoms with Crippen LogP contribution in [0.1, 0.15) is 12.5 Å². The van der Waals surface area contributed by atoms with E-state index in [0.29, 0.717) is 24.1 Å².